The Balaban J connectivity index is 0. The molecule has 0 saturated heterocycles. The summed E-state index contributed by atoms with van der Waals surface area (Å²) < 4.78 is 8.55. The lowest BCUT2D eigenvalue weighted by molar-refractivity contribution is -0.432. The molecule has 0 aliphatic heterocycles. The lowest BCUT2D eigenvalue weighted by Crippen LogP contribution is -2.24. The predicted octanol–water partition coefficient (Wildman–Crippen LogP) is -3.14. The molecule has 96 valence electrons. The van der Waals surface area contributed by atoms with E-state index in [1.165, 1.54) is 12.1 Å². The molecule has 7 nitrogen and oxygen atoms in total. The number of carboxylic acid groups (broad SMARTS) is 1. The number of carbonyl (C=O) groups excluding carboxylic acids is 1. The van der Waals surface area contributed by atoms with Gasteiger partial charge in [-0.2, -0.15) is 7.82 Å². The molecule has 0 bridgehead atoms. The molecule has 0 atom stereocenters. The average Bonchev–Trinajstić information content (AvgIpc) is 2.17. The van der Waals surface area contributed by atoms with Crippen molar-refractivity contribution in [3.63, 3.8) is 0 Å². The van der Waals surface area contributed by atoms with E-state index in [-0.39, 0.29) is 5.75 Å². The molecule has 1 rings (SSSR count). The number of hydrogen-bond acceptors (Lipinski definition) is 7. The third-order valence-electron chi connectivity index (χ3n) is 0.910. The maximum absolute atomic E-state index is 10.3. The van der Waals surface area contributed by atoms with Crippen LogP contribution in [0, 0.1) is 0 Å². The summed E-state index contributed by atoms with van der Waals surface area (Å²) in [4.78, 5) is 34.8. The first-order valence-corrected chi connectivity index (χ1v) is 5.41. The van der Waals surface area contributed by atoms with Gasteiger partial charge < -0.3 is 34.3 Å². The van der Waals surface area contributed by atoms with Crippen molar-refractivity contribution in [2.45, 2.75) is 0 Å². The minimum atomic E-state index is -5.39. The van der Waals surface area contributed by atoms with Crippen molar-refractivity contribution in [1.29, 1.82) is 0 Å². The second kappa shape index (κ2) is 9.56. The van der Waals surface area contributed by atoms with E-state index in [1.807, 2.05) is 6.07 Å². The van der Waals surface area contributed by atoms with E-state index >= 15 is 0 Å². The Morgan fingerprint density at radius 2 is 1.47 bits per heavy atom. The fourth-order valence-corrected chi connectivity index (χ4v) is 0.420. The highest BCUT2D eigenvalue weighted by molar-refractivity contribution is 7.40. The van der Waals surface area contributed by atoms with E-state index in [0.29, 0.717) is 0 Å². The highest BCUT2D eigenvalue weighted by atomic mass is 31.2. The van der Waals surface area contributed by atoms with Crippen LogP contribution in [0.15, 0.2) is 43.0 Å². The molecular formula is C9H8O7P-5. The minimum absolute atomic E-state index is 0.0718. The minimum Gasteiger partial charge on any atom is -0.872 e. The molecule has 0 N–H and O–H groups in total. The molecule has 0 unspecified atom stereocenters. The maximum Gasteiger partial charge on any atom is 0.0636 e. The first-order chi connectivity index (χ1) is 7.66. The second-order valence-electron chi connectivity index (χ2n) is 2.28. The number of carboxylic acids is 1. The highest BCUT2D eigenvalue weighted by Crippen LogP contribution is 2.03. The van der Waals surface area contributed by atoms with Crippen LogP contribution < -0.4 is 24.9 Å². The normalized spacial score (nSPS) is 8.88. The molecule has 0 amide bonds. The van der Waals surface area contributed by atoms with Crippen molar-refractivity contribution in [3.8, 4) is 5.75 Å². The number of rotatable bonds is 1. The Labute approximate surface area is 97.5 Å². The zero-order valence-electron chi connectivity index (χ0n) is 8.48. The van der Waals surface area contributed by atoms with Crippen LogP contribution in [-0.2, 0) is 9.36 Å². The van der Waals surface area contributed by atoms with Gasteiger partial charge in [-0.05, 0) is 6.08 Å². The first-order valence-electron chi connectivity index (χ1n) is 3.95. The molecule has 0 aliphatic rings. The van der Waals surface area contributed by atoms with E-state index in [2.05, 4.69) is 6.58 Å². The molecule has 1 aromatic carbocycles. The van der Waals surface area contributed by atoms with Crippen molar-refractivity contribution in [2.24, 2.45) is 0 Å². The Hall–Kier alpha value is -1.66. The predicted molar refractivity (Wildman–Crippen MR) is 48.7 cm³/mol. The second-order valence-corrected chi connectivity index (χ2v) is 3.18. The van der Waals surface area contributed by atoms with Gasteiger partial charge in [0.2, 0.25) is 0 Å². The first kappa shape index (κ1) is 17.7. The van der Waals surface area contributed by atoms with Gasteiger partial charge in [-0.3, -0.25) is 0 Å². The number of benzene rings is 1. The summed E-state index contributed by atoms with van der Waals surface area (Å²) in [6, 6.07) is 8.33. The third kappa shape index (κ3) is 31.4. The SMILES string of the molecule is C=CC(=O)[O-].O=P([O-])([O-])[O-].[O-]c1ccccc1. The fraction of sp³-hybridized carbons (Fsp3) is 0. The van der Waals surface area contributed by atoms with Crippen molar-refractivity contribution in [2.75, 3.05) is 0 Å². The number of para-hydroxylation sites is 1. The molecule has 17 heavy (non-hydrogen) atoms. The van der Waals surface area contributed by atoms with E-state index < -0.39 is 13.8 Å². The van der Waals surface area contributed by atoms with Gasteiger partial charge in [-0.15, -0.1) is 5.75 Å². The van der Waals surface area contributed by atoms with Crippen LogP contribution in [0.2, 0.25) is 0 Å². The Bertz CT molecular complexity index is 362. The van der Waals surface area contributed by atoms with Crippen molar-refractivity contribution < 1.29 is 34.3 Å². The molecule has 0 aromatic heterocycles. The van der Waals surface area contributed by atoms with Crippen LogP contribution in [0.4, 0.5) is 0 Å². The monoisotopic (exact) mass is 259 g/mol. The van der Waals surface area contributed by atoms with E-state index in [9.17, 15) is 5.11 Å². The molecule has 8 heteroatoms. The quantitative estimate of drug-likeness (QED) is 0.381. The van der Waals surface area contributed by atoms with Gasteiger partial charge in [0.05, 0.1) is 5.97 Å². The molecule has 0 spiro atoms. The zero-order chi connectivity index (χ0) is 13.9. The van der Waals surface area contributed by atoms with Crippen molar-refractivity contribution >= 4 is 13.8 Å². The highest BCUT2D eigenvalue weighted by Gasteiger charge is 1.64. The smallest absolute Gasteiger partial charge is 0.0636 e. The van der Waals surface area contributed by atoms with Crippen LogP contribution in [0.25, 0.3) is 0 Å². The Kier molecular flexibility index (Phi) is 9.97. The van der Waals surface area contributed by atoms with Crippen LogP contribution in [-0.4, -0.2) is 5.97 Å². The van der Waals surface area contributed by atoms with E-state index in [4.69, 9.17) is 29.1 Å². The topological polar surface area (TPSA) is 149 Å². The Morgan fingerprint density at radius 1 is 1.18 bits per heavy atom. The average molecular weight is 259 g/mol. The van der Waals surface area contributed by atoms with Gasteiger partial charge in [0.25, 0.3) is 0 Å². The van der Waals surface area contributed by atoms with Crippen molar-refractivity contribution in [3.05, 3.63) is 43.0 Å². The molecule has 0 fully saturated rings. The molecule has 0 heterocycles. The zero-order valence-corrected chi connectivity index (χ0v) is 9.37. The molecule has 1 aromatic rings. The molecule has 0 aliphatic carbocycles. The van der Waals surface area contributed by atoms with Gasteiger partial charge >= 0.3 is 0 Å². The standard InChI is InChI=1S/C6H6O.C3H4O2.H3O4P/c7-6-4-2-1-3-5-6;1-2-3(4)5;1-5(2,3)4/h1-5,7H;2H,1H2,(H,4,5);(H3,1,2,3,4)/p-5. The summed E-state index contributed by atoms with van der Waals surface area (Å²) in [6.07, 6.45) is 0.722. The lowest BCUT2D eigenvalue weighted by Gasteiger charge is -2.36. The number of phosphoric acid groups is 1. The maximum atomic E-state index is 10.3. The van der Waals surface area contributed by atoms with E-state index in [0.717, 1.165) is 6.08 Å². The van der Waals surface area contributed by atoms with Gasteiger partial charge in [0.15, 0.2) is 0 Å². The van der Waals surface area contributed by atoms with Crippen LogP contribution in [0.5, 0.6) is 5.75 Å². The summed E-state index contributed by atoms with van der Waals surface area (Å²) in [5.74, 6) is -1.16. The summed E-state index contributed by atoms with van der Waals surface area (Å²) in [5, 5.41) is 19.4. The summed E-state index contributed by atoms with van der Waals surface area (Å²) >= 11 is 0. The summed E-state index contributed by atoms with van der Waals surface area (Å²) in [7, 11) is -5.39. The molecule has 0 saturated carbocycles. The van der Waals surface area contributed by atoms with Gasteiger partial charge in [-0.1, -0.05) is 36.9 Å². The van der Waals surface area contributed by atoms with Gasteiger partial charge in [0, 0.05) is 0 Å². The largest absolute Gasteiger partial charge is 0.872 e. The van der Waals surface area contributed by atoms with Gasteiger partial charge in [-0.25, -0.2) is 0 Å². The number of hydrogen-bond donors (Lipinski definition) is 0. The van der Waals surface area contributed by atoms with Crippen LogP contribution >= 0.6 is 7.82 Å². The van der Waals surface area contributed by atoms with E-state index in [1.54, 1.807) is 12.1 Å². The summed E-state index contributed by atoms with van der Waals surface area (Å²) in [5.41, 5.74) is 0. The molecule has 0 radical (unpaired) electrons. The Morgan fingerprint density at radius 3 is 1.59 bits per heavy atom. The van der Waals surface area contributed by atoms with Crippen LogP contribution in [0.3, 0.4) is 0 Å². The number of aliphatic carboxylic acids is 1. The third-order valence-corrected chi connectivity index (χ3v) is 0.910. The fourth-order valence-electron chi connectivity index (χ4n) is 0.420. The molecular weight excluding hydrogens is 251 g/mol. The number of carbonyl (C=O) groups is 1. The van der Waals surface area contributed by atoms with Crippen molar-refractivity contribution in [1.82, 2.24) is 0 Å². The van der Waals surface area contributed by atoms with Gasteiger partial charge in [0.1, 0.15) is 0 Å². The van der Waals surface area contributed by atoms with Crippen LogP contribution in [0.1, 0.15) is 0 Å². The summed E-state index contributed by atoms with van der Waals surface area (Å²) in [6.45, 7) is 2.90. The lowest BCUT2D eigenvalue weighted by atomic mass is 10.3.